The Morgan fingerprint density at radius 3 is 2.95 bits per heavy atom. The third-order valence-corrected chi connectivity index (χ3v) is 3.50. The van der Waals surface area contributed by atoms with Gasteiger partial charge in [-0.25, -0.2) is 0 Å². The van der Waals surface area contributed by atoms with Crippen molar-refractivity contribution in [2.75, 3.05) is 18.1 Å². The van der Waals surface area contributed by atoms with Gasteiger partial charge in [-0.1, -0.05) is 17.7 Å². The summed E-state index contributed by atoms with van der Waals surface area (Å²) in [7, 11) is 0. The zero-order chi connectivity index (χ0) is 14.8. The van der Waals surface area contributed by atoms with Crippen LogP contribution in [0.3, 0.4) is 0 Å². The van der Waals surface area contributed by atoms with Crippen LogP contribution in [0.4, 0.5) is 5.69 Å². The molecule has 3 rings (SSSR count). The van der Waals surface area contributed by atoms with Gasteiger partial charge in [0.05, 0.1) is 23.9 Å². The average Bonchev–Trinajstić information content (AvgIpc) is 2.53. The molecule has 0 saturated carbocycles. The number of ether oxygens (including phenoxy) is 1. The lowest BCUT2D eigenvalue weighted by Crippen LogP contribution is -2.38. The van der Waals surface area contributed by atoms with E-state index in [1.165, 1.54) is 0 Å². The van der Waals surface area contributed by atoms with Crippen LogP contribution >= 0.6 is 11.6 Å². The molecule has 21 heavy (non-hydrogen) atoms. The third kappa shape index (κ3) is 2.56. The molecular weight excluding hydrogens is 288 g/mol. The third-order valence-electron chi connectivity index (χ3n) is 3.27. The quantitative estimate of drug-likeness (QED) is 0.812. The molecule has 0 atom stereocenters. The van der Waals surface area contributed by atoms with Crippen molar-refractivity contribution < 1.29 is 9.53 Å². The lowest BCUT2D eigenvalue weighted by Gasteiger charge is -2.29. The van der Waals surface area contributed by atoms with Crippen molar-refractivity contribution in [1.82, 2.24) is 0 Å². The zero-order valence-corrected chi connectivity index (χ0v) is 11.8. The molecule has 0 saturated heterocycles. The lowest BCUT2D eigenvalue weighted by molar-refractivity contribution is 0.0976. The first-order valence-corrected chi connectivity index (χ1v) is 6.81. The Kier molecular flexibility index (Phi) is 3.51. The van der Waals surface area contributed by atoms with Gasteiger partial charge < -0.3 is 9.64 Å². The molecule has 1 aliphatic rings. The maximum absolute atomic E-state index is 12.7. The van der Waals surface area contributed by atoms with Crippen molar-refractivity contribution in [2.45, 2.75) is 0 Å². The van der Waals surface area contributed by atoms with Gasteiger partial charge in [0, 0.05) is 10.6 Å². The fraction of sp³-hybridized carbons (Fsp3) is 0.125. The summed E-state index contributed by atoms with van der Waals surface area (Å²) in [6.45, 7) is 0.876. The number of carbonyl (C=O) groups is 1. The highest BCUT2D eigenvalue weighted by atomic mass is 35.5. The highest BCUT2D eigenvalue weighted by Crippen LogP contribution is 2.34. The Morgan fingerprint density at radius 2 is 2.14 bits per heavy atom. The SMILES string of the molecule is N#Cc1cccc(C(=O)N2CCOc3ccc(Cl)cc32)c1. The first-order chi connectivity index (χ1) is 10.2. The van der Waals surface area contributed by atoms with Crippen molar-refractivity contribution >= 4 is 23.2 Å². The second-order valence-electron chi connectivity index (χ2n) is 4.61. The number of benzene rings is 2. The molecule has 4 nitrogen and oxygen atoms in total. The Morgan fingerprint density at radius 1 is 1.29 bits per heavy atom. The summed E-state index contributed by atoms with van der Waals surface area (Å²) in [6.07, 6.45) is 0. The molecule has 5 heteroatoms. The van der Waals surface area contributed by atoms with Crippen LogP contribution in [-0.4, -0.2) is 19.1 Å². The number of rotatable bonds is 1. The van der Waals surface area contributed by atoms with Gasteiger partial charge in [0.2, 0.25) is 0 Å². The number of nitriles is 1. The van der Waals surface area contributed by atoms with Gasteiger partial charge in [0.15, 0.2) is 0 Å². The number of halogens is 1. The maximum atomic E-state index is 12.7. The fourth-order valence-corrected chi connectivity index (χ4v) is 2.45. The van der Waals surface area contributed by atoms with E-state index < -0.39 is 0 Å². The first-order valence-electron chi connectivity index (χ1n) is 6.43. The first kappa shape index (κ1) is 13.5. The number of nitrogens with zero attached hydrogens (tertiary/aromatic N) is 2. The smallest absolute Gasteiger partial charge is 0.258 e. The van der Waals surface area contributed by atoms with E-state index in [2.05, 4.69) is 0 Å². The molecular formula is C16H11ClN2O2. The van der Waals surface area contributed by atoms with Crippen molar-refractivity contribution in [3.8, 4) is 11.8 Å². The lowest BCUT2D eigenvalue weighted by atomic mass is 10.1. The van der Waals surface area contributed by atoms with Crippen LogP contribution in [0.5, 0.6) is 5.75 Å². The number of carbonyl (C=O) groups excluding carboxylic acids is 1. The topological polar surface area (TPSA) is 53.3 Å². The molecule has 1 amide bonds. The molecule has 0 aromatic heterocycles. The van der Waals surface area contributed by atoms with Gasteiger partial charge in [-0.15, -0.1) is 0 Å². The molecule has 0 radical (unpaired) electrons. The maximum Gasteiger partial charge on any atom is 0.258 e. The monoisotopic (exact) mass is 298 g/mol. The van der Waals surface area contributed by atoms with Crippen molar-refractivity contribution in [1.29, 1.82) is 5.26 Å². The number of amides is 1. The highest BCUT2D eigenvalue weighted by Gasteiger charge is 2.25. The minimum absolute atomic E-state index is 0.168. The molecule has 0 aliphatic carbocycles. The van der Waals surface area contributed by atoms with Crippen LogP contribution in [0.2, 0.25) is 5.02 Å². The highest BCUT2D eigenvalue weighted by molar-refractivity contribution is 6.31. The summed E-state index contributed by atoms with van der Waals surface area (Å²) in [5.74, 6) is 0.467. The van der Waals surface area contributed by atoms with E-state index in [1.54, 1.807) is 47.4 Å². The molecule has 2 aromatic rings. The summed E-state index contributed by atoms with van der Waals surface area (Å²) in [6, 6.07) is 13.9. The molecule has 0 bridgehead atoms. The standard InChI is InChI=1S/C16H11ClN2O2/c17-13-4-5-15-14(9-13)19(6-7-21-15)16(20)12-3-1-2-11(8-12)10-18/h1-5,8-9H,6-7H2. The molecule has 104 valence electrons. The number of fused-ring (bicyclic) bond motifs is 1. The van der Waals surface area contributed by atoms with Gasteiger partial charge >= 0.3 is 0 Å². The van der Waals surface area contributed by atoms with Crippen LogP contribution in [-0.2, 0) is 0 Å². The van der Waals surface area contributed by atoms with E-state index in [-0.39, 0.29) is 5.91 Å². The Hall–Kier alpha value is -2.51. The fourth-order valence-electron chi connectivity index (χ4n) is 2.28. The van der Waals surface area contributed by atoms with Gasteiger partial charge in [0.25, 0.3) is 5.91 Å². The summed E-state index contributed by atoms with van der Waals surface area (Å²) in [5, 5.41) is 9.48. The van der Waals surface area contributed by atoms with E-state index >= 15 is 0 Å². The summed E-state index contributed by atoms with van der Waals surface area (Å²) < 4.78 is 5.53. The molecule has 0 N–H and O–H groups in total. The second kappa shape index (κ2) is 5.47. The Labute approximate surface area is 127 Å². The van der Waals surface area contributed by atoms with E-state index in [1.807, 2.05) is 6.07 Å². The van der Waals surface area contributed by atoms with Crippen LogP contribution in [0.1, 0.15) is 15.9 Å². The van der Waals surface area contributed by atoms with E-state index in [4.69, 9.17) is 21.6 Å². The molecule has 1 aliphatic heterocycles. The van der Waals surface area contributed by atoms with Gasteiger partial charge in [-0.3, -0.25) is 4.79 Å². The van der Waals surface area contributed by atoms with Gasteiger partial charge in [-0.05, 0) is 36.4 Å². The van der Waals surface area contributed by atoms with E-state index in [9.17, 15) is 4.79 Å². The van der Waals surface area contributed by atoms with Crippen LogP contribution in [0, 0.1) is 11.3 Å². The molecule has 0 unspecified atom stereocenters. The van der Waals surface area contributed by atoms with Gasteiger partial charge in [0.1, 0.15) is 12.4 Å². The zero-order valence-electron chi connectivity index (χ0n) is 11.0. The minimum atomic E-state index is -0.168. The predicted molar refractivity (Wildman–Crippen MR) is 79.8 cm³/mol. The minimum Gasteiger partial charge on any atom is -0.490 e. The largest absolute Gasteiger partial charge is 0.490 e. The number of anilines is 1. The molecule has 1 heterocycles. The predicted octanol–water partition coefficient (Wildman–Crippen LogP) is 3.25. The van der Waals surface area contributed by atoms with Crippen molar-refractivity contribution in [3.63, 3.8) is 0 Å². The Balaban J connectivity index is 2.00. The van der Waals surface area contributed by atoms with Crippen molar-refractivity contribution in [3.05, 3.63) is 58.6 Å². The molecule has 0 spiro atoms. The van der Waals surface area contributed by atoms with Gasteiger partial charge in [-0.2, -0.15) is 5.26 Å². The summed E-state index contributed by atoms with van der Waals surface area (Å²) in [5.41, 5.74) is 1.59. The normalized spacial score (nSPS) is 13.0. The average molecular weight is 299 g/mol. The Bertz CT molecular complexity index is 752. The number of hydrogen-bond donors (Lipinski definition) is 0. The summed E-state index contributed by atoms with van der Waals surface area (Å²) in [4.78, 5) is 14.3. The molecule has 2 aromatic carbocycles. The second-order valence-corrected chi connectivity index (χ2v) is 5.05. The summed E-state index contributed by atoms with van der Waals surface area (Å²) >= 11 is 6.00. The van der Waals surface area contributed by atoms with Crippen LogP contribution < -0.4 is 9.64 Å². The van der Waals surface area contributed by atoms with Crippen LogP contribution in [0.15, 0.2) is 42.5 Å². The number of hydrogen-bond acceptors (Lipinski definition) is 3. The van der Waals surface area contributed by atoms with E-state index in [0.717, 1.165) is 0 Å². The van der Waals surface area contributed by atoms with E-state index in [0.29, 0.717) is 40.7 Å². The molecule has 0 fully saturated rings. The van der Waals surface area contributed by atoms with Crippen molar-refractivity contribution in [2.24, 2.45) is 0 Å². The van der Waals surface area contributed by atoms with Crippen LogP contribution in [0.25, 0.3) is 0 Å².